The van der Waals surface area contributed by atoms with E-state index in [-0.39, 0.29) is 11.8 Å². The van der Waals surface area contributed by atoms with E-state index in [9.17, 15) is 9.18 Å². The zero-order valence-electron chi connectivity index (χ0n) is 12.9. The standard InChI is InChI=1S/C16H21FN2O2/c1-5-10-19-12-9-7-8-11(17)13(12)18-14(19)16(3,4)15(20)21-6-2/h7-9H,5-6,10H2,1-4H3. The summed E-state index contributed by atoms with van der Waals surface area (Å²) in [5.41, 5.74) is 0.0962. The summed E-state index contributed by atoms with van der Waals surface area (Å²) in [6, 6.07) is 4.87. The summed E-state index contributed by atoms with van der Waals surface area (Å²) in [5, 5.41) is 0. The van der Waals surface area contributed by atoms with Crippen molar-refractivity contribution in [3.05, 3.63) is 29.8 Å². The third-order valence-electron chi connectivity index (χ3n) is 3.52. The van der Waals surface area contributed by atoms with Gasteiger partial charge in [0.1, 0.15) is 16.8 Å². The molecule has 0 spiro atoms. The molecule has 0 saturated carbocycles. The molecule has 0 unspecified atom stereocenters. The van der Waals surface area contributed by atoms with Crippen LogP contribution < -0.4 is 0 Å². The third-order valence-corrected chi connectivity index (χ3v) is 3.52. The van der Waals surface area contributed by atoms with Crippen LogP contribution in [-0.4, -0.2) is 22.1 Å². The molecule has 1 aromatic heterocycles. The van der Waals surface area contributed by atoms with E-state index in [1.807, 2.05) is 17.6 Å². The molecular formula is C16H21FN2O2. The molecule has 0 saturated heterocycles. The third kappa shape index (κ3) is 2.64. The molecule has 21 heavy (non-hydrogen) atoms. The summed E-state index contributed by atoms with van der Waals surface area (Å²) in [7, 11) is 0. The molecule has 5 heteroatoms. The van der Waals surface area contributed by atoms with Crippen molar-refractivity contribution in [2.75, 3.05) is 6.61 Å². The predicted molar refractivity (Wildman–Crippen MR) is 79.6 cm³/mol. The van der Waals surface area contributed by atoms with Crippen LogP contribution in [-0.2, 0) is 21.5 Å². The van der Waals surface area contributed by atoms with E-state index in [2.05, 4.69) is 4.98 Å². The van der Waals surface area contributed by atoms with Crippen molar-refractivity contribution in [2.45, 2.75) is 46.1 Å². The number of aromatic nitrogens is 2. The highest BCUT2D eigenvalue weighted by Crippen LogP contribution is 2.29. The Labute approximate surface area is 123 Å². The maximum absolute atomic E-state index is 14.0. The highest BCUT2D eigenvalue weighted by Gasteiger charge is 2.37. The highest BCUT2D eigenvalue weighted by atomic mass is 19.1. The highest BCUT2D eigenvalue weighted by molar-refractivity contribution is 5.84. The SMILES string of the molecule is CCCn1c(C(C)(C)C(=O)OCC)nc2c(F)cccc21. The lowest BCUT2D eigenvalue weighted by Gasteiger charge is -2.23. The average Bonchev–Trinajstić information content (AvgIpc) is 2.81. The van der Waals surface area contributed by atoms with E-state index in [4.69, 9.17) is 4.74 Å². The minimum absolute atomic E-state index is 0.304. The van der Waals surface area contributed by atoms with Gasteiger partial charge >= 0.3 is 5.97 Å². The van der Waals surface area contributed by atoms with Crippen LogP contribution in [0, 0.1) is 5.82 Å². The zero-order valence-corrected chi connectivity index (χ0v) is 12.9. The number of halogens is 1. The van der Waals surface area contributed by atoms with Gasteiger partial charge in [0.2, 0.25) is 0 Å². The van der Waals surface area contributed by atoms with Gasteiger partial charge in [-0.05, 0) is 39.3 Å². The first-order valence-electron chi connectivity index (χ1n) is 7.25. The summed E-state index contributed by atoms with van der Waals surface area (Å²) < 4.78 is 21.0. The van der Waals surface area contributed by atoms with E-state index in [0.717, 1.165) is 6.42 Å². The molecule has 114 valence electrons. The summed E-state index contributed by atoms with van der Waals surface area (Å²) in [4.78, 5) is 16.6. The molecule has 1 aromatic carbocycles. The van der Waals surface area contributed by atoms with Crippen LogP contribution in [0.5, 0.6) is 0 Å². The second kappa shape index (κ2) is 5.84. The topological polar surface area (TPSA) is 44.1 Å². The minimum atomic E-state index is -0.920. The normalized spacial score (nSPS) is 11.9. The molecule has 4 nitrogen and oxygen atoms in total. The summed E-state index contributed by atoms with van der Waals surface area (Å²) >= 11 is 0. The van der Waals surface area contributed by atoms with Gasteiger partial charge in [-0.2, -0.15) is 0 Å². The first-order valence-corrected chi connectivity index (χ1v) is 7.25. The van der Waals surface area contributed by atoms with E-state index in [1.54, 1.807) is 26.8 Å². The number of benzene rings is 1. The molecular weight excluding hydrogens is 271 g/mol. The van der Waals surface area contributed by atoms with Crippen molar-refractivity contribution in [1.29, 1.82) is 0 Å². The lowest BCUT2D eigenvalue weighted by atomic mass is 9.92. The number of rotatable bonds is 5. The largest absolute Gasteiger partial charge is 0.465 e. The maximum Gasteiger partial charge on any atom is 0.319 e. The number of esters is 1. The number of ether oxygens (including phenoxy) is 1. The van der Waals surface area contributed by atoms with Gasteiger partial charge in [-0.15, -0.1) is 0 Å². The van der Waals surface area contributed by atoms with Crippen LogP contribution in [0.2, 0.25) is 0 Å². The van der Waals surface area contributed by atoms with Crippen LogP contribution in [0.1, 0.15) is 39.9 Å². The molecule has 0 aliphatic carbocycles. The van der Waals surface area contributed by atoms with Crippen molar-refractivity contribution in [2.24, 2.45) is 0 Å². The van der Waals surface area contributed by atoms with Gasteiger partial charge < -0.3 is 9.30 Å². The Morgan fingerprint density at radius 1 is 1.38 bits per heavy atom. The Morgan fingerprint density at radius 2 is 2.10 bits per heavy atom. The second-order valence-electron chi connectivity index (χ2n) is 5.54. The number of carbonyl (C=O) groups is 1. The van der Waals surface area contributed by atoms with E-state index in [1.165, 1.54) is 6.07 Å². The van der Waals surface area contributed by atoms with Crippen LogP contribution in [0.15, 0.2) is 18.2 Å². The van der Waals surface area contributed by atoms with Crippen molar-refractivity contribution in [3.63, 3.8) is 0 Å². The Hall–Kier alpha value is -1.91. The Kier molecular flexibility index (Phi) is 4.30. The number of imidazole rings is 1. The Balaban J connectivity index is 2.64. The monoisotopic (exact) mass is 292 g/mol. The number of para-hydroxylation sites is 1. The van der Waals surface area contributed by atoms with Crippen molar-refractivity contribution >= 4 is 17.0 Å². The molecule has 0 atom stereocenters. The molecule has 0 bridgehead atoms. The number of hydrogen-bond donors (Lipinski definition) is 0. The molecule has 0 N–H and O–H groups in total. The molecule has 0 fully saturated rings. The fourth-order valence-corrected chi connectivity index (χ4v) is 2.44. The van der Waals surface area contributed by atoms with E-state index in [0.29, 0.717) is 30.0 Å². The first-order chi connectivity index (χ1) is 9.93. The summed E-state index contributed by atoms with van der Waals surface area (Å²) in [6.07, 6.45) is 0.869. The van der Waals surface area contributed by atoms with Crippen LogP contribution in [0.4, 0.5) is 4.39 Å². The van der Waals surface area contributed by atoms with Crippen LogP contribution in [0.25, 0.3) is 11.0 Å². The smallest absolute Gasteiger partial charge is 0.319 e. The predicted octanol–water partition coefficient (Wildman–Crippen LogP) is 3.43. The first kappa shape index (κ1) is 15.5. The number of carbonyl (C=O) groups excluding carboxylic acids is 1. The van der Waals surface area contributed by atoms with E-state index >= 15 is 0 Å². The lowest BCUT2D eigenvalue weighted by Crippen LogP contribution is -2.34. The second-order valence-corrected chi connectivity index (χ2v) is 5.54. The summed E-state index contributed by atoms with van der Waals surface area (Å²) in [6.45, 7) is 8.31. The molecule has 0 aliphatic rings. The molecule has 0 amide bonds. The number of fused-ring (bicyclic) bond motifs is 1. The molecule has 1 heterocycles. The summed E-state index contributed by atoms with van der Waals surface area (Å²) in [5.74, 6) is -0.177. The van der Waals surface area contributed by atoms with Gasteiger partial charge in [-0.3, -0.25) is 4.79 Å². The fourth-order valence-electron chi connectivity index (χ4n) is 2.44. The fraction of sp³-hybridized carbons (Fsp3) is 0.500. The average molecular weight is 292 g/mol. The molecule has 2 rings (SSSR count). The molecule has 0 aliphatic heterocycles. The van der Waals surface area contributed by atoms with Gasteiger partial charge in [0, 0.05) is 6.54 Å². The van der Waals surface area contributed by atoms with Gasteiger partial charge in [0.05, 0.1) is 12.1 Å². The van der Waals surface area contributed by atoms with Crippen LogP contribution in [0.3, 0.4) is 0 Å². The van der Waals surface area contributed by atoms with Gasteiger partial charge in [-0.1, -0.05) is 13.0 Å². The minimum Gasteiger partial charge on any atom is -0.465 e. The van der Waals surface area contributed by atoms with Crippen molar-refractivity contribution < 1.29 is 13.9 Å². The van der Waals surface area contributed by atoms with Crippen molar-refractivity contribution in [1.82, 2.24) is 9.55 Å². The molecule has 0 radical (unpaired) electrons. The number of aryl methyl sites for hydroxylation is 1. The van der Waals surface area contributed by atoms with Gasteiger partial charge in [-0.25, -0.2) is 9.37 Å². The Morgan fingerprint density at radius 3 is 2.71 bits per heavy atom. The van der Waals surface area contributed by atoms with Gasteiger partial charge in [0.15, 0.2) is 5.82 Å². The zero-order chi connectivity index (χ0) is 15.6. The maximum atomic E-state index is 14.0. The van der Waals surface area contributed by atoms with Crippen molar-refractivity contribution in [3.8, 4) is 0 Å². The quantitative estimate of drug-likeness (QED) is 0.793. The lowest BCUT2D eigenvalue weighted by molar-refractivity contribution is -0.149. The number of hydrogen-bond acceptors (Lipinski definition) is 3. The molecule has 2 aromatic rings. The van der Waals surface area contributed by atoms with Gasteiger partial charge in [0.25, 0.3) is 0 Å². The number of nitrogens with zero attached hydrogens (tertiary/aromatic N) is 2. The van der Waals surface area contributed by atoms with E-state index < -0.39 is 5.41 Å². The Bertz CT molecular complexity index is 662. The van der Waals surface area contributed by atoms with Crippen LogP contribution >= 0.6 is 0 Å².